The van der Waals surface area contributed by atoms with Crippen molar-refractivity contribution in [1.29, 1.82) is 0 Å². The molecule has 0 spiro atoms. The van der Waals surface area contributed by atoms with E-state index < -0.39 is 10.0 Å². The van der Waals surface area contributed by atoms with Crippen LogP contribution in [0.2, 0.25) is 0 Å². The summed E-state index contributed by atoms with van der Waals surface area (Å²) in [6, 6.07) is 16.5. The first-order valence-electron chi connectivity index (χ1n) is 7.47. The highest BCUT2D eigenvalue weighted by Gasteiger charge is 2.08. The van der Waals surface area contributed by atoms with Crippen molar-refractivity contribution in [1.82, 2.24) is 10.2 Å². The van der Waals surface area contributed by atoms with Crippen molar-refractivity contribution in [2.24, 2.45) is 10.1 Å². The van der Waals surface area contributed by atoms with Gasteiger partial charge in [0.15, 0.2) is 5.96 Å². The Hall–Kier alpha value is -2.38. The average Bonchev–Trinajstić information content (AvgIpc) is 2.55. The van der Waals surface area contributed by atoms with Crippen LogP contribution in [-0.2, 0) is 23.1 Å². The van der Waals surface area contributed by atoms with Gasteiger partial charge >= 0.3 is 0 Å². The first-order valence-corrected chi connectivity index (χ1v) is 9.02. The molecule has 6 nitrogen and oxygen atoms in total. The van der Waals surface area contributed by atoms with Crippen LogP contribution in [0.15, 0.2) is 64.5 Å². The van der Waals surface area contributed by atoms with Crippen LogP contribution in [0.4, 0.5) is 0 Å². The molecule has 2 aromatic carbocycles. The molecular weight excluding hydrogens is 324 g/mol. The van der Waals surface area contributed by atoms with Gasteiger partial charge in [-0.05, 0) is 23.3 Å². The third-order valence-electron chi connectivity index (χ3n) is 3.36. The number of nitrogens with one attached hydrogen (secondary N) is 1. The van der Waals surface area contributed by atoms with Crippen LogP contribution in [0.1, 0.15) is 11.1 Å². The van der Waals surface area contributed by atoms with E-state index in [2.05, 4.69) is 10.3 Å². The predicted octanol–water partition coefficient (Wildman–Crippen LogP) is 1.54. The van der Waals surface area contributed by atoms with Crippen molar-refractivity contribution in [3.63, 3.8) is 0 Å². The summed E-state index contributed by atoms with van der Waals surface area (Å²) in [7, 11) is 0.0998. The summed E-state index contributed by atoms with van der Waals surface area (Å²) in [5.74, 6) is 0.722. The summed E-state index contributed by atoms with van der Waals surface area (Å²) < 4.78 is 22.8. The second-order valence-corrected chi connectivity index (χ2v) is 7.13. The average molecular weight is 346 g/mol. The van der Waals surface area contributed by atoms with Gasteiger partial charge in [0.1, 0.15) is 0 Å². The molecule has 128 valence electrons. The maximum Gasteiger partial charge on any atom is 0.238 e. The van der Waals surface area contributed by atoms with E-state index in [1.807, 2.05) is 55.4 Å². The Morgan fingerprint density at radius 3 is 2.38 bits per heavy atom. The predicted molar refractivity (Wildman–Crippen MR) is 95.9 cm³/mol. The van der Waals surface area contributed by atoms with Gasteiger partial charge in [-0.25, -0.2) is 18.5 Å². The number of nitrogens with two attached hydrogens (primary N) is 1. The summed E-state index contributed by atoms with van der Waals surface area (Å²) >= 11 is 0. The van der Waals surface area contributed by atoms with Gasteiger partial charge in [-0.2, -0.15) is 0 Å². The normalized spacial score (nSPS) is 12.0. The molecule has 0 aliphatic carbocycles. The van der Waals surface area contributed by atoms with Crippen molar-refractivity contribution in [2.45, 2.75) is 18.0 Å². The topological polar surface area (TPSA) is 87.8 Å². The molecule has 2 aromatic rings. The zero-order valence-corrected chi connectivity index (χ0v) is 14.6. The van der Waals surface area contributed by atoms with E-state index in [4.69, 9.17) is 5.14 Å². The zero-order chi connectivity index (χ0) is 17.6. The Bertz CT molecular complexity index is 802. The fourth-order valence-electron chi connectivity index (χ4n) is 2.12. The number of nitrogens with zero attached hydrogens (tertiary/aromatic N) is 2. The van der Waals surface area contributed by atoms with Crippen molar-refractivity contribution < 1.29 is 8.42 Å². The van der Waals surface area contributed by atoms with Gasteiger partial charge in [0.2, 0.25) is 10.0 Å². The van der Waals surface area contributed by atoms with Crippen LogP contribution >= 0.6 is 0 Å². The Balaban J connectivity index is 2.08. The van der Waals surface area contributed by atoms with E-state index in [1.165, 1.54) is 6.07 Å². The Kier molecular flexibility index (Phi) is 5.94. The molecule has 0 radical (unpaired) electrons. The lowest BCUT2D eigenvalue weighted by Crippen LogP contribution is -2.36. The number of sulfonamides is 1. The van der Waals surface area contributed by atoms with E-state index in [9.17, 15) is 8.42 Å². The summed E-state index contributed by atoms with van der Waals surface area (Å²) in [6.07, 6.45) is 0. The smallest absolute Gasteiger partial charge is 0.238 e. The number of primary sulfonamides is 1. The van der Waals surface area contributed by atoms with Gasteiger partial charge in [-0.15, -0.1) is 0 Å². The molecule has 0 fully saturated rings. The van der Waals surface area contributed by atoms with Gasteiger partial charge in [0.05, 0.1) is 11.4 Å². The lowest BCUT2D eigenvalue weighted by Gasteiger charge is -2.17. The van der Waals surface area contributed by atoms with Crippen LogP contribution in [0, 0.1) is 0 Å². The van der Waals surface area contributed by atoms with Crippen LogP contribution in [0.3, 0.4) is 0 Å². The number of rotatable bonds is 5. The monoisotopic (exact) mass is 346 g/mol. The maximum atomic E-state index is 11.4. The molecule has 0 saturated heterocycles. The van der Waals surface area contributed by atoms with Gasteiger partial charge in [-0.1, -0.05) is 42.5 Å². The highest BCUT2D eigenvalue weighted by molar-refractivity contribution is 7.89. The van der Waals surface area contributed by atoms with E-state index in [0.717, 1.165) is 17.1 Å². The van der Waals surface area contributed by atoms with Gasteiger partial charge < -0.3 is 10.2 Å². The van der Waals surface area contributed by atoms with Gasteiger partial charge in [0.25, 0.3) is 0 Å². The standard InChI is InChI=1S/C17H22N4O2S/c1-21(2)17(19-12-14-7-4-3-5-8-14)20-13-15-9-6-10-16(11-15)24(18,22)23/h3-11H,12-13H2,1-2H3,(H,19,20)(H2,18,22,23). The van der Waals surface area contributed by atoms with Crippen LogP contribution in [0.25, 0.3) is 0 Å². The molecule has 0 aromatic heterocycles. The summed E-state index contributed by atoms with van der Waals surface area (Å²) in [4.78, 5) is 6.51. The highest BCUT2D eigenvalue weighted by atomic mass is 32.2. The first kappa shape index (κ1) is 18.0. The molecule has 0 atom stereocenters. The third kappa shape index (κ3) is 5.36. The molecule has 0 heterocycles. The lowest BCUT2D eigenvalue weighted by atomic mass is 10.2. The molecule has 0 bridgehead atoms. The molecule has 7 heteroatoms. The van der Waals surface area contributed by atoms with Crippen LogP contribution in [-0.4, -0.2) is 33.4 Å². The van der Waals surface area contributed by atoms with E-state index in [1.54, 1.807) is 12.1 Å². The molecule has 24 heavy (non-hydrogen) atoms. The summed E-state index contributed by atoms with van der Waals surface area (Å²) in [6.45, 7) is 1.02. The molecule has 0 aliphatic heterocycles. The fraction of sp³-hybridized carbons (Fsp3) is 0.235. The van der Waals surface area contributed by atoms with E-state index in [0.29, 0.717) is 13.1 Å². The number of hydrogen-bond donors (Lipinski definition) is 2. The fourth-order valence-corrected chi connectivity index (χ4v) is 2.70. The Morgan fingerprint density at radius 2 is 1.75 bits per heavy atom. The summed E-state index contributed by atoms with van der Waals surface area (Å²) in [5, 5.41) is 8.44. The molecule has 0 amide bonds. The van der Waals surface area contributed by atoms with E-state index in [-0.39, 0.29) is 4.90 Å². The van der Waals surface area contributed by atoms with Crippen molar-refractivity contribution >= 4 is 16.0 Å². The maximum absolute atomic E-state index is 11.4. The highest BCUT2D eigenvalue weighted by Crippen LogP contribution is 2.10. The Morgan fingerprint density at radius 1 is 1.08 bits per heavy atom. The Labute approximate surface area is 143 Å². The molecule has 0 aliphatic rings. The number of aliphatic imine (C=N–C) groups is 1. The number of benzene rings is 2. The van der Waals surface area contributed by atoms with E-state index >= 15 is 0 Å². The largest absolute Gasteiger partial charge is 0.352 e. The minimum Gasteiger partial charge on any atom is -0.352 e. The molecule has 3 N–H and O–H groups in total. The zero-order valence-electron chi connectivity index (χ0n) is 13.8. The second kappa shape index (κ2) is 7.94. The lowest BCUT2D eigenvalue weighted by molar-refractivity contribution is 0.578. The quantitative estimate of drug-likeness (QED) is 0.635. The third-order valence-corrected chi connectivity index (χ3v) is 4.27. The number of hydrogen-bond acceptors (Lipinski definition) is 3. The number of guanidine groups is 1. The molecular formula is C17H22N4O2S. The van der Waals surface area contributed by atoms with Crippen LogP contribution in [0.5, 0.6) is 0 Å². The van der Waals surface area contributed by atoms with Crippen molar-refractivity contribution in [3.05, 3.63) is 65.7 Å². The van der Waals surface area contributed by atoms with Crippen LogP contribution < -0.4 is 10.5 Å². The van der Waals surface area contributed by atoms with Gasteiger partial charge in [0, 0.05) is 20.6 Å². The van der Waals surface area contributed by atoms with Crippen molar-refractivity contribution in [2.75, 3.05) is 14.1 Å². The minimum atomic E-state index is -3.70. The minimum absolute atomic E-state index is 0.0962. The SMILES string of the molecule is CN(C)C(=NCc1cccc(S(N)(=O)=O)c1)NCc1ccccc1. The summed E-state index contributed by atoms with van der Waals surface area (Å²) in [5.41, 5.74) is 1.94. The molecule has 0 saturated carbocycles. The second-order valence-electron chi connectivity index (χ2n) is 5.57. The van der Waals surface area contributed by atoms with Crippen molar-refractivity contribution in [3.8, 4) is 0 Å². The van der Waals surface area contributed by atoms with Gasteiger partial charge in [-0.3, -0.25) is 0 Å². The molecule has 2 rings (SSSR count). The first-order chi connectivity index (χ1) is 11.4. The molecule has 0 unspecified atom stereocenters.